The number of methoxy groups -OCH3 is 1. The third-order valence-electron chi connectivity index (χ3n) is 5.07. The lowest BCUT2D eigenvalue weighted by atomic mass is 10.1. The fourth-order valence-corrected chi connectivity index (χ4v) is 3.23. The molecule has 1 aromatic carbocycles. The van der Waals surface area contributed by atoms with Crippen LogP contribution >= 0.6 is 0 Å². The van der Waals surface area contributed by atoms with Crippen molar-refractivity contribution in [1.29, 1.82) is 0 Å². The first-order chi connectivity index (χ1) is 16.7. The molecule has 0 atom stereocenters. The molecule has 0 spiro atoms. The molecular weight excluding hydrogens is 465 g/mol. The second-order valence-electron chi connectivity index (χ2n) is 7.88. The van der Waals surface area contributed by atoms with Crippen molar-refractivity contribution in [2.75, 3.05) is 52.3 Å². The van der Waals surface area contributed by atoms with Crippen molar-refractivity contribution < 1.29 is 27.5 Å². The van der Waals surface area contributed by atoms with Crippen LogP contribution in [0.3, 0.4) is 0 Å². The number of nitrogens with one attached hydrogen (secondary N) is 3. The van der Waals surface area contributed by atoms with Gasteiger partial charge in [0.2, 0.25) is 0 Å². The maximum absolute atomic E-state index is 12.3. The lowest BCUT2D eigenvalue weighted by Gasteiger charge is -2.15. The molecule has 0 saturated heterocycles. The van der Waals surface area contributed by atoms with Gasteiger partial charge in [-0.05, 0) is 36.9 Å². The number of fused-ring (bicyclic) bond motifs is 1. The number of hydrogen-bond acceptors (Lipinski definition) is 6. The van der Waals surface area contributed by atoms with Gasteiger partial charge in [-0.15, -0.1) is 0 Å². The Morgan fingerprint density at radius 3 is 2.74 bits per heavy atom. The minimum absolute atomic E-state index is 0.364. The Bertz CT molecular complexity index is 1110. The predicted octanol–water partition coefficient (Wildman–Crippen LogP) is 3.28. The summed E-state index contributed by atoms with van der Waals surface area (Å²) in [5.41, 5.74) is 6.54. The normalized spacial score (nSPS) is 11.8. The minimum Gasteiger partial charge on any atom is -0.383 e. The standard InChI is InChI=1S/C23H29F3N6O3/c1-31(8-10-34-2)9-11-35-29-14-17-6-7-32-20(15-27-21(32)12-17)18-4-3-5-19(13-18)30-22(33)28-16-23(24,25)26/h3-7,12-13,15,29H,8-11,14,16H2,1-2H3,(H2,28,30,33). The molecule has 2 amide bonds. The summed E-state index contributed by atoms with van der Waals surface area (Å²) in [6.45, 7) is 1.93. The third kappa shape index (κ3) is 8.51. The number of urea groups is 1. The number of pyridine rings is 1. The van der Waals surface area contributed by atoms with Gasteiger partial charge in [0.15, 0.2) is 0 Å². The third-order valence-corrected chi connectivity index (χ3v) is 5.07. The summed E-state index contributed by atoms with van der Waals surface area (Å²) in [5.74, 6) is 0. The molecule has 0 unspecified atom stereocenters. The van der Waals surface area contributed by atoms with Crippen LogP contribution in [0.1, 0.15) is 5.56 Å². The summed E-state index contributed by atoms with van der Waals surface area (Å²) >= 11 is 0. The van der Waals surface area contributed by atoms with Crippen LogP contribution in [-0.2, 0) is 16.1 Å². The number of benzene rings is 1. The van der Waals surface area contributed by atoms with Gasteiger partial charge in [0.25, 0.3) is 0 Å². The van der Waals surface area contributed by atoms with Crippen molar-refractivity contribution in [1.82, 2.24) is 25.1 Å². The molecule has 0 bridgehead atoms. The number of aromatic nitrogens is 2. The Balaban J connectivity index is 1.56. The van der Waals surface area contributed by atoms with E-state index < -0.39 is 18.8 Å². The Morgan fingerprint density at radius 2 is 1.97 bits per heavy atom. The van der Waals surface area contributed by atoms with Crippen molar-refractivity contribution in [3.8, 4) is 11.3 Å². The molecule has 2 aromatic heterocycles. The van der Waals surface area contributed by atoms with Crippen LogP contribution in [0.15, 0.2) is 48.8 Å². The van der Waals surface area contributed by atoms with Crippen LogP contribution in [0.4, 0.5) is 23.7 Å². The fourth-order valence-electron chi connectivity index (χ4n) is 3.23. The van der Waals surface area contributed by atoms with Crippen LogP contribution in [0.2, 0.25) is 0 Å². The van der Waals surface area contributed by atoms with Gasteiger partial charge in [-0.3, -0.25) is 4.40 Å². The van der Waals surface area contributed by atoms with E-state index in [9.17, 15) is 18.0 Å². The molecule has 0 fully saturated rings. The molecule has 0 aliphatic heterocycles. The maximum Gasteiger partial charge on any atom is 0.405 e. The number of nitrogens with zero attached hydrogens (tertiary/aromatic N) is 3. The number of likely N-dealkylation sites (N-methyl/N-ethyl adjacent to an activating group) is 1. The summed E-state index contributed by atoms with van der Waals surface area (Å²) in [4.78, 5) is 23.8. The SMILES string of the molecule is COCCN(C)CCONCc1ccn2c(-c3cccc(NC(=O)NCC(F)(F)F)c3)cnc2c1. The van der Waals surface area contributed by atoms with Crippen molar-refractivity contribution in [3.05, 3.63) is 54.4 Å². The molecule has 35 heavy (non-hydrogen) atoms. The van der Waals surface area contributed by atoms with E-state index in [4.69, 9.17) is 9.57 Å². The number of amides is 2. The van der Waals surface area contributed by atoms with E-state index >= 15 is 0 Å². The molecule has 190 valence electrons. The monoisotopic (exact) mass is 494 g/mol. The Kier molecular flexibility index (Phi) is 9.43. The van der Waals surface area contributed by atoms with Crippen molar-refractivity contribution in [2.45, 2.75) is 12.7 Å². The molecule has 0 saturated carbocycles. The van der Waals surface area contributed by atoms with Crippen LogP contribution in [0.5, 0.6) is 0 Å². The smallest absolute Gasteiger partial charge is 0.383 e. The van der Waals surface area contributed by atoms with E-state index in [1.54, 1.807) is 36.8 Å². The highest BCUT2D eigenvalue weighted by Gasteiger charge is 2.27. The van der Waals surface area contributed by atoms with Gasteiger partial charge in [-0.2, -0.15) is 18.7 Å². The number of ether oxygens (including phenoxy) is 1. The quantitative estimate of drug-likeness (QED) is 0.264. The van der Waals surface area contributed by atoms with E-state index in [0.717, 1.165) is 35.6 Å². The Hall–Kier alpha value is -3.19. The van der Waals surface area contributed by atoms with Crippen molar-refractivity contribution >= 4 is 17.4 Å². The minimum atomic E-state index is -4.48. The number of carbonyl (C=O) groups is 1. The highest BCUT2D eigenvalue weighted by atomic mass is 19.4. The number of carbonyl (C=O) groups excluding carboxylic acids is 1. The summed E-state index contributed by atoms with van der Waals surface area (Å²) in [6, 6.07) is 9.73. The summed E-state index contributed by atoms with van der Waals surface area (Å²) in [7, 11) is 3.67. The number of imidazole rings is 1. The molecule has 12 heteroatoms. The summed E-state index contributed by atoms with van der Waals surface area (Å²) in [6.07, 6.45) is -0.901. The van der Waals surface area contributed by atoms with E-state index in [-0.39, 0.29) is 0 Å². The zero-order valence-corrected chi connectivity index (χ0v) is 19.6. The summed E-state index contributed by atoms with van der Waals surface area (Å²) in [5, 5.41) is 4.20. The lowest BCUT2D eigenvalue weighted by molar-refractivity contribution is -0.122. The second kappa shape index (κ2) is 12.5. The highest BCUT2D eigenvalue weighted by Crippen LogP contribution is 2.24. The number of hydroxylamine groups is 1. The molecule has 0 aliphatic rings. The summed E-state index contributed by atoms with van der Waals surface area (Å²) < 4.78 is 43.8. The predicted molar refractivity (Wildman–Crippen MR) is 126 cm³/mol. The van der Waals surface area contributed by atoms with Gasteiger partial charge in [0.05, 0.1) is 25.1 Å². The topological polar surface area (TPSA) is 92.2 Å². The first-order valence-corrected chi connectivity index (χ1v) is 11.0. The first kappa shape index (κ1) is 26.4. The Morgan fingerprint density at radius 1 is 1.17 bits per heavy atom. The van der Waals surface area contributed by atoms with Crippen LogP contribution < -0.4 is 16.1 Å². The molecule has 0 radical (unpaired) electrons. The van der Waals surface area contributed by atoms with Crippen LogP contribution in [0, 0.1) is 0 Å². The molecule has 3 N–H and O–H groups in total. The number of rotatable bonds is 12. The van der Waals surface area contributed by atoms with E-state index in [2.05, 4.69) is 20.7 Å². The van der Waals surface area contributed by atoms with Gasteiger partial charge >= 0.3 is 12.2 Å². The van der Waals surface area contributed by atoms with Gasteiger partial charge < -0.3 is 25.1 Å². The molecule has 2 heterocycles. The zero-order chi connectivity index (χ0) is 25.3. The van der Waals surface area contributed by atoms with Gasteiger partial charge in [-0.25, -0.2) is 9.78 Å². The average Bonchev–Trinajstić information content (AvgIpc) is 3.24. The van der Waals surface area contributed by atoms with Crippen LogP contribution in [0.25, 0.3) is 16.9 Å². The number of hydrogen-bond donors (Lipinski definition) is 3. The Labute approximate surface area is 201 Å². The van der Waals surface area contributed by atoms with Crippen molar-refractivity contribution in [2.24, 2.45) is 0 Å². The second-order valence-corrected chi connectivity index (χ2v) is 7.88. The first-order valence-electron chi connectivity index (χ1n) is 11.0. The van der Waals surface area contributed by atoms with Gasteiger partial charge in [0.1, 0.15) is 12.2 Å². The van der Waals surface area contributed by atoms with E-state index in [1.807, 2.05) is 35.8 Å². The van der Waals surface area contributed by atoms with Crippen LogP contribution in [-0.4, -0.2) is 73.5 Å². The number of anilines is 1. The zero-order valence-electron chi connectivity index (χ0n) is 19.6. The molecule has 9 nitrogen and oxygen atoms in total. The maximum atomic E-state index is 12.3. The lowest BCUT2D eigenvalue weighted by Crippen LogP contribution is -2.36. The molecule has 0 aliphatic carbocycles. The van der Waals surface area contributed by atoms with E-state index in [1.165, 1.54) is 0 Å². The molecular formula is C23H29F3N6O3. The van der Waals surface area contributed by atoms with Gasteiger partial charge in [0, 0.05) is 44.2 Å². The van der Waals surface area contributed by atoms with Gasteiger partial charge in [-0.1, -0.05) is 12.1 Å². The molecule has 3 rings (SSSR count). The number of alkyl halides is 3. The fraction of sp³-hybridized carbons (Fsp3) is 0.391. The molecule has 3 aromatic rings. The van der Waals surface area contributed by atoms with Crippen molar-refractivity contribution in [3.63, 3.8) is 0 Å². The average molecular weight is 495 g/mol. The number of halogens is 3. The highest BCUT2D eigenvalue weighted by molar-refractivity contribution is 5.90. The largest absolute Gasteiger partial charge is 0.405 e. The van der Waals surface area contributed by atoms with E-state index in [0.29, 0.717) is 25.4 Å².